The lowest BCUT2D eigenvalue weighted by atomic mass is 10.1. The maximum absolute atomic E-state index is 13.0. The molecule has 136 valence electrons. The molecule has 2 aromatic carbocycles. The highest BCUT2D eigenvalue weighted by Gasteiger charge is 2.29. The van der Waals surface area contributed by atoms with Crippen LogP contribution in [0.4, 0.5) is 0 Å². The molecular weight excluding hydrogens is 335 g/mol. The van der Waals surface area contributed by atoms with Gasteiger partial charge < -0.3 is 4.52 Å². The van der Waals surface area contributed by atoms with Crippen molar-refractivity contribution in [1.82, 2.24) is 0 Å². The number of phosphoric ester groups is 1. The van der Waals surface area contributed by atoms with Crippen molar-refractivity contribution in [1.29, 1.82) is 0 Å². The average molecular weight is 362 g/mol. The van der Waals surface area contributed by atoms with Crippen molar-refractivity contribution in [2.75, 3.05) is 13.2 Å². The summed E-state index contributed by atoms with van der Waals surface area (Å²) in [6, 6.07) is 17.4. The predicted molar refractivity (Wildman–Crippen MR) is 102 cm³/mol. The summed E-state index contributed by atoms with van der Waals surface area (Å²) in [6.45, 7) is 4.82. The Hall–Kier alpha value is -1.61. The third-order valence-electron chi connectivity index (χ3n) is 3.68. The summed E-state index contributed by atoms with van der Waals surface area (Å²) in [6.07, 6.45) is 3.53. The van der Waals surface area contributed by atoms with E-state index in [-0.39, 0.29) is 0 Å². The number of phosphoric acid groups is 1. The van der Waals surface area contributed by atoms with Crippen LogP contribution in [0.1, 0.15) is 39.5 Å². The van der Waals surface area contributed by atoms with E-state index in [1.807, 2.05) is 48.5 Å². The highest BCUT2D eigenvalue weighted by molar-refractivity contribution is 7.48. The van der Waals surface area contributed by atoms with Gasteiger partial charge in [-0.15, -0.1) is 0 Å². The van der Waals surface area contributed by atoms with Gasteiger partial charge in [0.2, 0.25) is 0 Å². The molecule has 4 nitrogen and oxygen atoms in total. The van der Waals surface area contributed by atoms with Crippen molar-refractivity contribution in [2.45, 2.75) is 39.5 Å². The SMILES string of the molecule is CCCCOP(=O)(OCCCC)Oc1ccccc1-c1ccccc1. The van der Waals surface area contributed by atoms with Crippen LogP contribution in [0, 0.1) is 0 Å². The zero-order valence-corrected chi connectivity index (χ0v) is 15.9. The van der Waals surface area contributed by atoms with Gasteiger partial charge in [-0.25, -0.2) is 4.57 Å². The van der Waals surface area contributed by atoms with E-state index in [4.69, 9.17) is 13.6 Å². The highest BCUT2D eigenvalue weighted by atomic mass is 31.2. The second-order valence-electron chi connectivity index (χ2n) is 5.77. The molecule has 0 N–H and O–H groups in total. The van der Waals surface area contributed by atoms with E-state index in [0.717, 1.165) is 36.8 Å². The Labute approximate surface area is 150 Å². The largest absolute Gasteiger partial charge is 0.530 e. The number of rotatable bonds is 11. The molecule has 25 heavy (non-hydrogen) atoms. The quantitative estimate of drug-likeness (QED) is 0.339. The van der Waals surface area contributed by atoms with E-state index in [9.17, 15) is 4.57 Å². The van der Waals surface area contributed by atoms with Crippen LogP contribution < -0.4 is 4.52 Å². The smallest absolute Gasteiger partial charge is 0.403 e. The number of hydrogen-bond acceptors (Lipinski definition) is 4. The molecule has 0 atom stereocenters. The first-order valence-corrected chi connectivity index (χ1v) is 10.4. The van der Waals surface area contributed by atoms with Gasteiger partial charge in [-0.05, 0) is 24.5 Å². The number of hydrogen-bond donors (Lipinski definition) is 0. The van der Waals surface area contributed by atoms with Gasteiger partial charge in [-0.2, -0.15) is 0 Å². The van der Waals surface area contributed by atoms with Crippen molar-refractivity contribution >= 4 is 7.82 Å². The predicted octanol–water partition coefficient (Wildman–Crippen LogP) is 6.47. The molecule has 0 spiro atoms. The maximum atomic E-state index is 13.0. The fraction of sp³-hybridized carbons (Fsp3) is 0.400. The zero-order valence-electron chi connectivity index (χ0n) is 15.0. The van der Waals surface area contributed by atoms with Gasteiger partial charge in [-0.1, -0.05) is 75.2 Å². The molecule has 0 bridgehead atoms. The minimum absolute atomic E-state index is 0.355. The Balaban J connectivity index is 2.21. The van der Waals surface area contributed by atoms with Crippen LogP contribution in [0.2, 0.25) is 0 Å². The lowest BCUT2D eigenvalue weighted by molar-refractivity contribution is 0.152. The van der Waals surface area contributed by atoms with Crippen LogP contribution >= 0.6 is 7.82 Å². The van der Waals surface area contributed by atoms with Crippen molar-refractivity contribution < 1.29 is 18.1 Å². The third-order valence-corrected chi connectivity index (χ3v) is 5.09. The highest BCUT2D eigenvalue weighted by Crippen LogP contribution is 2.51. The fourth-order valence-corrected chi connectivity index (χ4v) is 3.54. The summed E-state index contributed by atoms with van der Waals surface area (Å²) < 4.78 is 29.9. The Bertz CT molecular complexity index is 658. The van der Waals surface area contributed by atoms with E-state index in [2.05, 4.69) is 13.8 Å². The normalized spacial score (nSPS) is 11.4. The van der Waals surface area contributed by atoms with Crippen LogP contribution in [-0.2, 0) is 13.6 Å². The molecule has 0 amide bonds. The van der Waals surface area contributed by atoms with Gasteiger partial charge in [0, 0.05) is 5.56 Å². The van der Waals surface area contributed by atoms with Crippen LogP contribution in [0.25, 0.3) is 11.1 Å². The Morgan fingerprint density at radius 3 is 1.96 bits per heavy atom. The molecule has 2 rings (SSSR count). The molecule has 5 heteroatoms. The lowest BCUT2D eigenvalue weighted by Crippen LogP contribution is -2.05. The van der Waals surface area contributed by atoms with E-state index in [1.54, 1.807) is 6.07 Å². The molecule has 2 aromatic rings. The zero-order chi connectivity index (χ0) is 18.0. The summed E-state index contributed by atoms with van der Waals surface area (Å²) >= 11 is 0. The molecule has 0 aromatic heterocycles. The van der Waals surface area contributed by atoms with Crippen molar-refractivity contribution in [3.05, 3.63) is 54.6 Å². The molecule has 0 saturated heterocycles. The third kappa shape index (κ3) is 6.32. The van der Waals surface area contributed by atoms with E-state index < -0.39 is 7.82 Å². The summed E-state index contributed by atoms with van der Waals surface area (Å²) in [5, 5.41) is 0. The van der Waals surface area contributed by atoms with Crippen molar-refractivity contribution in [3.63, 3.8) is 0 Å². The lowest BCUT2D eigenvalue weighted by Gasteiger charge is -2.20. The molecule has 0 unspecified atom stereocenters. The van der Waals surface area contributed by atoms with E-state index in [1.165, 1.54) is 0 Å². The first kappa shape index (κ1) is 19.7. The second-order valence-corrected chi connectivity index (χ2v) is 7.37. The molecule has 0 heterocycles. The summed E-state index contributed by atoms with van der Waals surface area (Å²) in [5.41, 5.74) is 1.85. The van der Waals surface area contributed by atoms with Gasteiger partial charge in [0.15, 0.2) is 0 Å². The fourth-order valence-electron chi connectivity index (χ4n) is 2.25. The van der Waals surface area contributed by atoms with Gasteiger partial charge in [0.05, 0.1) is 13.2 Å². The summed E-state index contributed by atoms with van der Waals surface area (Å²) in [7, 11) is -3.65. The Morgan fingerprint density at radius 1 is 0.800 bits per heavy atom. The van der Waals surface area contributed by atoms with Crippen molar-refractivity contribution in [3.8, 4) is 16.9 Å². The van der Waals surface area contributed by atoms with Gasteiger partial charge >= 0.3 is 7.82 Å². The van der Waals surface area contributed by atoms with Crippen molar-refractivity contribution in [2.24, 2.45) is 0 Å². The molecule has 0 radical (unpaired) electrons. The first-order valence-electron chi connectivity index (χ1n) is 8.91. The number of para-hydroxylation sites is 1. The molecular formula is C20H27O4P. The maximum Gasteiger partial charge on any atom is 0.530 e. The topological polar surface area (TPSA) is 44.8 Å². The first-order chi connectivity index (χ1) is 12.2. The van der Waals surface area contributed by atoms with Gasteiger partial charge in [0.1, 0.15) is 5.75 Å². The van der Waals surface area contributed by atoms with E-state index >= 15 is 0 Å². The average Bonchev–Trinajstić information content (AvgIpc) is 2.63. The molecule has 0 fully saturated rings. The monoisotopic (exact) mass is 362 g/mol. The Kier molecular flexibility index (Phi) is 8.20. The van der Waals surface area contributed by atoms with Crippen LogP contribution in [0.5, 0.6) is 5.75 Å². The standard InChI is InChI=1S/C20H27O4P/c1-3-5-16-22-25(21,23-17-6-4-2)24-20-15-11-10-14-19(20)18-12-8-7-9-13-18/h7-15H,3-6,16-17H2,1-2H3. The van der Waals surface area contributed by atoms with Crippen LogP contribution in [0.15, 0.2) is 54.6 Å². The number of benzene rings is 2. The summed E-state index contributed by atoms with van der Waals surface area (Å²) in [5.74, 6) is 0.505. The molecule has 0 aliphatic carbocycles. The summed E-state index contributed by atoms with van der Waals surface area (Å²) in [4.78, 5) is 0. The molecule has 0 saturated carbocycles. The number of unbranched alkanes of at least 4 members (excludes halogenated alkanes) is 2. The molecule has 0 aliphatic rings. The van der Waals surface area contributed by atoms with Crippen LogP contribution in [0.3, 0.4) is 0 Å². The van der Waals surface area contributed by atoms with Gasteiger partial charge in [-0.3, -0.25) is 9.05 Å². The van der Waals surface area contributed by atoms with Gasteiger partial charge in [0.25, 0.3) is 0 Å². The van der Waals surface area contributed by atoms with E-state index in [0.29, 0.717) is 19.0 Å². The second kappa shape index (κ2) is 10.4. The minimum Gasteiger partial charge on any atom is -0.403 e. The minimum atomic E-state index is -3.65. The van der Waals surface area contributed by atoms with Crippen LogP contribution in [-0.4, -0.2) is 13.2 Å². The Morgan fingerprint density at radius 2 is 1.36 bits per heavy atom. The molecule has 0 aliphatic heterocycles.